The summed E-state index contributed by atoms with van der Waals surface area (Å²) < 4.78 is 4.28. The monoisotopic (exact) mass is 384 g/mol. The molecule has 0 fully saturated rings. The van der Waals surface area contributed by atoms with Gasteiger partial charge in [0.25, 0.3) is 11.5 Å². The largest absolute Gasteiger partial charge is 0.319 e. The van der Waals surface area contributed by atoms with Gasteiger partial charge in [-0.15, -0.1) is 11.3 Å². The molecule has 0 N–H and O–H groups in total. The highest BCUT2D eigenvalue weighted by molar-refractivity contribution is 7.18. The molecular formula is C18H16N4O2S2. The Morgan fingerprint density at radius 2 is 2.00 bits per heavy atom. The van der Waals surface area contributed by atoms with E-state index >= 15 is 0 Å². The topological polar surface area (TPSA) is 69.2 Å². The maximum atomic E-state index is 12.7. The van der Waals surface area contributed by atoms with Crippen LogP contribution < -0.4 is 10.4 Å². The standard InChI is InChI=1S/C18H16N4O2S2/c1-10-11(2)25-16-15(10)17(24)22(9-19-16)8-14(23)20-18-21(3)12-6-4-5-7-13(12)26-18/h4-7,9H,8H2,1-3H3. The molecule has 0 atom stereocenters. The minimum absolute atomic E-state index is 0.121. The summed E-state index contributed by atoms with van der Waals surface area (Å²) in [5, 5.41) is 0.593. The first-order valence-electron chi connectivity index (χ1n) is 8.03. The first kappa shape index (κ1) is 16.9. The van der Waals surface area contributed by atoms with Crippen LogP contribution in [0.25, 0.3) is 20.4 Å². The number of benzene rings is 1. The zero-order valence-corrected chi connectivity index (χ0v) is 16.1. The van der Waals surface area contributed by atoms with Crippen molar-refractivity contribution < 1.29 is 4.79 Å². The number of thiophene rings is 1. The second kappa shape index (κ2) is 6.30. The van der Waals surface area contributed by atoms with Crippen LogP contribution >= 0.6 is 22.7 Å². The molecule has 0 saturated heterocycles. The van der Waals surface area contributed by atoms with E-state index in [0.717, 1.165) is 20.7 Å². The van der Waals surface area contributed by atoms with Crippen molar-refractivity contribution in [2.45, 2.75) is 20.4 Å². The molecule has 0 bridgehead atoms. The highest BCUT2D eigenvalue weighted by atomic mass is 32.1. The van der Waals surface area contributed by atoms with Crippen LogP contribution in [0.15, 0.2) is 40.4 Å². The van der Waals surface area contributed by atoms with E-state index in [1.165, 1.54) is 33.6 Å². The average molecular weight is 384 g/mol. The Kier molecular flexibility index (Phi) is 4.08. The Labute approximate surface area is 156 Å². The molecule has 132 valence electrons. The predicted octanol–water partition coefficient (Wildman–Crippen LogP) is 2.76. The molecule has 0 aliphatic carbocycles. The zero-order valence-electron chi connectivity index (χ0n) is 14.5. The Morgan fingerprint density at radius 1 is 1.23 bits per heavy atom. The van der Waals surface area contributed by atoms with E-state index in [1.54, 1.807) is 0 Å². The molecule has 0 radical (unpaired) electrons. The SMILES string of the molecule is Cc1sc2ncn(CC(=O)N=c3sc4ccccc4n3C)c(=O)c2c1C. The molecule has 0 spiro atoms. The minimum atomic E-state index is -0.375. The number of aromatic nitrogens is 3. The van der Waals surface area contributed by atoms with E-state index in [2.05, 4.69) is 9.98 Å². The Morgan fingerprint density at radius 3 is 2.77 bits per heavy atom. The molecule has 3 heterocycles. The molecule has 8 heteroatoms. The van der Waals surface area contributed by atoms with E-state index in [1.807, 2.05) is 49.7 Å². The summed E-state index contributed by atoms with van der Waals surface area (Å²) in [6.07, 6.45) is 1.43. The second-order valence-corrected chi connectivity index (χ2v) is 8.27. The Hall–Kier alpha value is -2.58. The van der Waals surface area contributed by atoms with Gasteiger partial charge in [0, 0.05) is 11.9 Å². The van der Waals surface area contributed by atoms with Crippen LogP contribution in [0, 0.1) is 13.8 Å². The number of carbonyl (C=O) groups is 1. The normalized spacial score (nSPS) is 12.3. The van der Waals surface area contributed by atoms with Crippen LogP contribution in [0.1, 0.15) is 10.4 Å². The smallest absolute Gasteiger partial charge is 0.268 e. The third-order valence-electron chi connectivity index (χ3n) is 4.40. The lowest BCUT2D eigenvalue weighted by Crippen LogP contribution is -2.25. The van der Waals surface area contributed by atoms with Gasteiger partial charge in [0.15, 0.2) is 4.80 Å². The predicted molar refractivity (Wildman–Crippen MR) is 105 cm³/mol. The van der Waals surface area contributed by atoms with Crippen molar-refractivity contribution in [3.05, 3.63) is 56.2 Å². The summed E-state index contributed by atoms with van der Waals surface area (Å²) in [6, 6.07) is 7.88. The van der Waals surface area contributed by atoms with Gasteiger partial charge in [-0.3, -0.25) is 14.2 Å². The Balaban J connectivity index is 1.73. The lowest BCUT2D eigenvalue weighted by molar-refractivity contribution is -0.118. The quantitative estimate of drug-likeness (QED) is 0.534. The number of hydrogen-bond acceptors (Lipinski definition) is 5. The van der Waals surface area contributed by atoms with Crippen LogP contribution in [0.5, 0.6) is 0 Å². The number of aryl methyl sites for hydroxylation is 3. The molecule has 0 aliphatic rings. The van der Waals surface area contributed by atoms with Gasteiger partial charge in [0.1, 0.15) is 11.4 Å². The van der Waals surface area contributed by atoms with E-state index in [0.29, 0.717) is 15.0 Å². The molecule has 3 aromatic heterocycles. The summed E-state index contributed by atoms with van der Waals surface area (Å²) in [7, 11) is 1.88. The summed E-state index contributed by atoms with van der Waals surface area (Å²) >= 11 is 2.94. The number of para-hydroxylation sites is 1. The van der Waals surface area contributed by atoms with Crippen molar-refractivity contribution >= 4 is 49.0 Å². The van der Waals surface area contributed by atoms with E-state index < -0.39 is 0 Å². The molecule has 1 amide bonds. The number of hydrogen-bond donors (Lipinski definition) is 0. The van der Waals surface area contributed by atoms with E-state index in [4.69, 9.17) is 0 Å². The van der Waals surface area contributed by atoms with Crippen LogP contribution in [0.2, 0.25) is 0 Å². The molecular weight excluding hydrogens is 368 g/mol. The van der Waals surface area contributed by atoms with Gasteiger partial charge in [-0.25, -0.2) is 4.98 Å². The van der Waals surface area contributed by atoms with Crippen molar-refractivity contribution in [2.24, 2.45) is 12.0 Å². The molecule has 0 aliphatic heterocycles. The van der Waals surface area contributed by atoms with Crippen molar-refractivity contribution in [3.8, 4) is 0 Å². The second-order valence-electron chi connectivity index (χ2n) is 6.06. The number of rotatable bonds is 2. The minimum Gasteiger partial charge on any atom is -0.319 e. The Bertz CT molecular complexity index is 1290. The van der Waals surface area contributed by atoms with Gasteiger partial charge in [-0.2, -0.15) is 4.99 Å². The summed E-state index contributed by atoms with van der Waals surface area (Å²) in [5.74, 6) is -0.375. The van der Waals surface area contributed by atoms with Gasteiger partial charge in [-0.05, 0) is 31.5 Å². The van der Waals surface area contributed by atoms with Crippen molar-refractivity contribution in [1.82, 2.24) is 14.1 Å². The molecule has 1 aromatic carbocycles. The van der Waals surface area contributed by atoms with Gasteiger partial charge < -0.3 is 4.57 Å². The third kappa shape index (κ3) is 2.71. The third-order valence-corrected chi connectivity index (χ3v) is 6.62. The van der Waals surface area contributed by atoms with Crippen LogP contribution in [0.4, 0.5) is 0 Å². The molecule has 4 aromatic rings. The van der Waals surface area contributed by atoms with Gasteiger partial charge in [-0.1, -0.05) is 23.5 Å². The molecule has 4 rings (SSSR count). The number of fused-ring (bicyclic) bond motifs is 2. The van der Waals surface area contributed by atoms with Crippen molar-refractivity contribution in [3.63, 3.8) is 0 Å². The van der Waals surface area contributed by atoms with Gasteiger partial charge >= 0.3 is 0 Å². The summed E-state index contributed by atoms with van der Waals surface area (Å²) in [4.78, 5) is 36.0. The zero-order chi connectivity index (χ0) is 18.4. The first-order chi connectivity index (χ1) is 12.5. The maximum absolute atomic E-state index is 12.7. The summed E-state index contributed by atoms with van der Waals surface area (Å²) in [6.45, 7) is 3.75. The molecule has 0 saturated carbocycles. The molecule has 0 unspecified atom stereocenters. The highest BCUT2D eigenvalue weighted by Crippen LogP contribution is 2.25. The van der Waals surface area contributed by atoms with Crippen molar-refractivity contribution in [1.29, 1.82) is 0 Å². The summed E-state index contributed by atoms with van der Waals surface area (Å²) in [5.41, 5.74) is 1.76. The fourth-order valence-corrected chi connectivity index (χ4v) is 4.88. The van der Waals surface area contributed by atoms with Gasteiger partial charge in [0.2, 0.25) is 0 Å². The van der Waals surface area contributed by atoms with E-state index in [-0.39, 0.29) is 18.0 Å². The maximum Gasteiger partial charge on any atom is 0.268 e. The van der Waals surface area contributed by atoms with E-state index in [9.17, 15) is 9.59 Å². The average Bonchev–Trinajstić information content (AvgIpc) is 3.08. The number of nitrogens with zero attached hydrogens (tertiary/aromatic N) is 4. The van der Waals surface area contributed by atoms with Gasteiger partial charge in [0.05, 0.1) is 21.9 Å². The number of amides is 1. The fourth-order valence-electron chi connectivity index (χ4n) is 2.86. The highest BCUT2D eigenvalue weighted by Gasteiger charge is 2.13. The lowest BCUT2D eigenvalue weighted by atomic mass is 10.2. The van der Waals surface area contributed by atoms with Crippen molar-refractivity contribution in [2.75, 3.05) is 0 Å². The lowest BCUT2D eigenvalue weighted by Gasteiger charge is -2.02. The first-order valence-corrected chi connectivity index (χ1v) is 9.66. The molecule has 6 nitrogen and oxygen atoms in total. The molecule has 26 heavy (non-hydrogen) atoms. The van der Waals surface area contributed by atoms with Crippen LogP contribution in [0.3, 0.4) is 0 Å². The number of thiazole rings is 1. The van der Waals surface area contributed by atoms with Crippen LogP contribution in [-0.4, -0.2) is 20.0 Å². The number of carbonyl (C=O) groups excluding carboxylic acids is 1. The fraction of sp³-hybridized carbons (Fsp3) is 0.222. The van der Waals surface area contributed by atoms with Crippen LogP contribution in [-0.2, 0) is 18.4 Å².